The minimum absolute atomic E-state index is 0. The first-order valence-corrected chi connectivity index (χ1v) is 28.9. The number of hydrogen-bond donors (Lipinski definition) is 10. The molecule has 86 heavy (non-hydrogen) atoms. The number of fused-ring (bicyclic) bond motifs is 2. The standard InChI is InChI=1S/C46H30Cl2N14O18S4.2Na/c47-41-53-43(57-45(55-41)51-35-33(83(75,76)77)15-19-13-23(5-9-27(19)37(35)63)59-61-31-11-7-25(81(69,70)71)17-29(31)39(65)66)49-21-1-2-22(4-3-21)50-44-54-42(48)56-46(58-44)52-36-34(84(78,79)80)16-20-14-24(6-10-28(20)38(36)64)60-62-32-12-8-26(82(72,73)74)18-30(32)40(67)68;;/h1-18,63-64H,(H,65,66)(H,67,68)(H,69,70,71)(H,72,73,74)(H,75,76,77)(H,78,79,80)(H2,49,51,53,55,57)(H2,50,52,54,56,58);;/q;2*+1/p-2. The monoisotopic (exact) mass is 1310 g/mol. The van der Waals surface area contributed by atoms with E-state index in [9.17, 15) is 81.9 Å². The fraction of sp³-hybridized carbons (Fsp3) is 0. The zero-order chi connectivity index (χ0) is 60.8. The third-order valence-corrected chi connectivity index (χ3v) is 15.1. The molecule has 40 heteroatoms. The van der Waals surface area contributed by atoms with Gasteiger partial charge in [-0.2, -0.15) is 73.8 Å². The molecular formula is C46H28Cl2N14Na2O18S4. The van der Waals surface area contributed by atoms with Crippen LogP contribution in [-0.2, 0) is 40.5 Å². The van der Waals surface area contributed by atoms with Crippen molar-refractivity contribution >= 4 is 166 Å². The first-order valence-electron chi connectivity index (χ1n) is 22.4. The number of carboxylic acid groups (broad SMARTS) is 2. The van der Waals surface area contributed by atoms with E-state index in [2.05, 4.69) is 71.6 Å². The molecule has 0 aliphatic heterocycles. The Balaban J connectivity index is 0.00000529. The summed E-state index contributed by atoms with van der Waals surface area (Å²) < 4.78 is 136. The van der Waals surface area contributed by atoms with Gasteiger partial charge in [-0.1, -0.05) is 23.6 Å². The van der Waals surface area contributed by atoms with E-state index in [1.165, 1.54) is 60.7 Å². The summed E-state index contributed by atoms with van der Waals surface area (Å²) in [5.41, 5.74) is -2.95. The first kappa shape index (κ1) is 65.8. The summed E-state index contributed by atoms with van der Waals surface area (Å²) in [6.07, 6.45) is 0. The Morgan fingerprint density at radius 3 is 1.08 bits per heavy atom. The molecule has 0 unspecified atom stereocenters. The van der Waals surface area contributed by atoms with Gasteiger partial charge >= 0.3 is 71.1 Å². The van der Waals surface area contributed by atoms with Gasteiger partial charge in [0.25, 0.3) is 40.5 Å². The Morgan fingerprint density at radius 1 is 0.430 bits per heavy atom. The van der Waals surface area contributed by atoms with Gasteiger partial charge in [-0.05, 0) is 142 Å². The van der Waals surface area contributed by atoms with Crippen LogP contribution in [0.4, 0.5) is 69.3 Å². The largest absolute Gasteiger partial charge is 1.00 e. The molecule has 0 amide bonds. The van der Waals surface area contributed by atoms with Crippen LogP contribution in [-0.4, -0.2) is 104 Å². The molecule has 0 radical (unpaired) electrons. The van der Waals surface area contributed by atoms with Crippen LogP contribution >= 0.6 is 23.2 Å². The Hall–Kier alpha value is -7.76. The van der Waals surface area contributed by atoms with Crippen LogP contribution in [0.1, 0.15) is 20.7 Å². The molecule has 0 saturated carbocycles. The normalized spacial score (nSPS) is 12.0. The van der Waals surface area contributed by atoms with Gasteiger partial charge in [0.15, 0.2) is 0 Å². The molecule has 0 spiro atoms. The molecule has 0 aliphatic rings. The van der Waals surface area contributed by atoms with Crippen LogP contribution in [0.2, 0.25) is 10.6 Å². The van der Waals surface area contributed by atoms with Crippen LogP contribution in [0.5, 0.6) is 11.5 Å². The summed E-state index contributed by atoms with van der Waals surface area (Å²) in [5, 5.41) is 71.5. The van der Waals surface area contributed by atoms with Gasteiger partial charge < -0.3 is 41.7 Å². The van der Waals surface area contributed by atoms with Crippen LogP contribution < -0.4 is 90.6 Å². The zero-order valence-corrected chi connectivity index (χ0v) is 51.6. The molecule has 32 nitrogen and oxygen atoms in total. The smallest absolute Gasteiger partial charge is 0.871 e. The number of rotatable bonds is 18. The quantitative estimate of drug-likeness (QED) is 0.0334. The summed E-state index contributed by atoms with van der Waals surface area (Å²) in [4.78, 5) is 44.4. The Bertz CT molecular complexity index is 4530. The van der Waals surface area contributed by atoms with Gasteiger partial charge in [-0.25, -0.2) is 9.59 Å². The average Bonchev–Trinajstić information content (AvgIpc) is 0.869. The molecule has 2 heterocycles. The van der Waals surface area contributed by atoms with Crippen molar-refractivity contribution < 1.29 is 141 Å². The SMILES string of the molecule is O=C(O)c1cc(S(=O)(=O)O)ccc1N=Nc1ccc2c([O-])c(Nc3nc(Cl)nc(Nc4ccc(Nc5nc(Cl)nc(Nc6c(S(=O)(=O)O)cc7cc(N=Nc8ccc(S(=O)(=O)O)cc8C(=O)O)ccc7c6[O-])n5)cc4)n3)c(S(=O)(=O)O)cc2c1.[Na+].[Na+]. The summed E-state index contributed by atoms with van der Waals surface area (Å²) in [6.45, 7) is 0. The van der Waals surface area contributed by atoms with Gasteiger partial charge in [0.1, 0.15) is 21.2 Å². The molecule has 7 aromatic carbocycles. The number of nitrogens with zero attached hydrogens (tertiary/aromatic N) is 10. The Morgan fingerprint density at radius 2 is 0.767 bits per heavy atom. The molecule has 9 aromatic rings. The molecule has 9 rings (SSSR count). The molecular weight excluding hydrogens is 1280 g/mol. The molecule has 0 bridgehead atoms. The maximum Gasteiger partial charge on any atom is 1.00 e. The number of benzene rings is 7. The van der Waals surface area contributed by atoms with Crippen molar-refractivity contribution in [2.24, 2.45) is 20.5 Å². The van der Waals surface area contributed by atoms with E-state index >= 15 is 0 Å². The summed E-state index contributed by atoms with van der Waals surface area (Å²) >= 11 is 12.4. The molecule has 10 N–H and O–H groups in total. The Kier molecular flexibility index (Phi) is 19.6. The number of azo groups is 2. The predicted octanol–water partition coefficient (Wildman–Crippen LogP) is 2.01. The number of nitrogens with one attached hydrogen (secondary N) is 4. The van der Waals surface area contributed by atoms with E-state index < -0.39 is 128 Å². The number of aromatic nitrogens is 6. The van der Waals surface area contributed by atoms with Gasteiger partial charge in [0.2, 0.25) is 34.4 Å². The minimum Gasteiger partial charge on any atom is -0.871 e. The molecule has 430 valence electrons. The summed E-state index contributed by atoms with van der Waals surface area (Å²) in [5.74, 6) is -6.68. The first-order chi connectivity index (χ1) is 39.4. The van der Waals surface area contributed by atoms with Crippen molar-refractivity contribution in [1.82, 2.24) is 29.9 Å². The van der Waals surface area contributed by atoms with Crippen molar-refractivity contribution in [2.75, 3.05) is 21.3 Å². The van der Waals surface area contributed by atoms with Crippen LogP contribution in [0.15, 0.2) is 149 Å². The molecule has 0 saturated heterocycles. The molecule has 0 aliphatic carbocycles. The van der Waals surface area contributed by atoms with E-state index in [0.717, 1.165) is 36.4 Å². The third-order valence-electron chi connectivity index (χ3n) is 11.3. The van der Waals surface area contributed by atoms with Gasteiger partial charge in [-0.15, -0.1) is 10.2 Å². The number of carboxylic acids is 2. The van der Waals surface area contributed by atoms with Crippen molar-refractivity contribution in [2.45, 2.75) is 19.6 Å². The molecule has 2 aromatic heterocycles. The number of hydrogen-bond acceptors (Lipinski definition) is 26. The van der Waals surface area contributed by atoms with Crippen molar-refractivity contribution in [3.63, 3.8) is 0 Å². The molecule has 0 atom stereocenters. The van der Waals surface area contributed by atoms with E-state index in [4.69, 9.17) is 23.2 Å². The number of carbonyl (C=O) groups is 2. The second-order valence-electron chi connectivity index (χ2n) is 16.8. The second kappa shape index (κ2) is 25.7. The van der Waals surface area contributed by atoms with E-state index in [1.807, 2.05) is 0 Å². The zero-order valence-electron chi connectivity index (χ0n) is 42.8. The third kappa shape index (κ3) is 15.2. The predicted molar refractivity (Wildman–Crippen MR) is 290 cm³/mol. The fourth-order valence-corrected chi connectivity index (χ4v) is 10.3. The minimum atomic E-state index is -5.19. The average molecular weight is 1310 g/mol. The second-order valence-corrected chi connectivity index (χ2v) is 23.1. The van der Waals surface area contributed by atoms with Crippen LogP contribution in [0.25, 0.3) is 21.5 Å². The number of aromatic carboxylic acids is 2. The number of anilines is 8. The van der Waals surface area contributed by atoms with Crippen LogP contribution in [0, 0.1) is 0 Å². The van der Waals surface area contributed by atoms with E-state index in [1.54, 1.807) is 0 Å². The van der Waals surface area contributed by atoms with Crippen LogP contribution in [0.3, 0.4) is 0 Å². The maximum absolute atomic E-state index is 13.8. The van der Waals surface area contributed by atoms with Gasteiger partial charge in [0.05, 0.1) is 43.7 Å². The topological polar surface area (TPSA) is 513 Å². The van der Waals surface area contributed by atoms with E-state index in [-0.39, 0.29) is 127 Å². The maximum atomic E-state index is 13.8. The molecule has 0 fully saturated rings. The summed E-state index contributed by atoms with van der Waals surface area (Å²) in [6, 6.07) is 20.0. The van der Waals surface area contributed by atoms with E-state index in [0.29, 0.717) is 12.1 Å². The fourth-order valence-electron chi connectivity index (χ4n) is 7.57. The Labute approximate surface area is 536 Å². The summed E-state index contributed by atoms with van der Waals surface area (Å²) in [7, 11) is -19.9. The number of halogens is 2. The van der Waals surface area contributed by atoms with Gasteiger partial charge in [-0.3, -0.25) is 18.2 Å². The van der Waals surface area contributed by atoms with Crippen molar-refractivity contribution in [1.29, 1.82) is 0 Å². The van der Waals surface area contributed by atoms with Crippen molar-refractivity contribution in [3.05, 3.63) is 131 Å². The van der Waals surface area contributed by atoms with Crippen molar-refractivity contribution in [3.8, 4) is 11.5 Å². The van der Waals surface area contributed by atoms with Gasteiger partial charge in [0, 0.05) is 11.4 Å².